The van der Waals surface area contributed by atoms with Gasteiger partial charge in [-0.2, -0.15) is 0 Å². The summed E-state index contributed by atoms with van der Waals surface area (Å²) in [5.74, 6) is -0.00972. The Morgan fingerprint density at radius 1 is 0.329 bits per heavy atom. The van der Waals surface area contributed by atoms with E-state index in [9.17, 15) is 19.8 Å². The number of rotatable bonds is 74. The first-order valence-electron chi connectivity index (χ1n) is 39.1. The van der Waals surface area contributed by atoms with E-state index >= 15 is 0 Å². The molecule has 6 nitrogen and oxygen atoms in total. The molecule has 85 heavy (non-hydrogen) atoms. The quantitative estimate of drug-likeness (QED) is 0.0320. The van der Waals surface area contributed by atoms with E-state index in [0.29, 0.717) is 25.9 Å². The van der Waals surface area contributed by atoms with Gasteiger partial charge in [-0.25, -0.2) is 0 Å². The predicted octanol–water partition coefficient (Wildman–Crippen LogP) is 25.7. The summed E-state index contributed by atoms with van der Waals surface area (Å²) in [7, 11) is 0. The maximum Gasteiger partial charge on any atom is 0.305 e. The Balaban J connectivity index is 3.37. The van der Waals surface area contributed by atoms with Crippen molar-refractivity contribution in [3.05, 3.63) is 24.3 Å². The van der Waals surface area contributed by atoms with Crippen LogP contribution in [0.2, 0.25) is 0 Å². The van der Waals surface area contributed by atoms with Gasteiger partial charge in [0.25, 0.3) is 0 Å². The summed E-state index contributed by atoms with van der Waals surface area (Å²) in [4.78, 5) is 24.6. The van der Waals surface area contributed by atoms with Gasteiger partial charge in [0.2, 0.25) is 5.91 Å². The van der Waals surface area contributed by atoms with Crippen molar-refractivity contribution in [1.82, 2.24) is 5.32 Å². The molecule has 0 saturated carbocycles. The van der Waals surface area contributed by atoms with Gasteiger partial charge < -0.3 is 20.3 Å². The Morgan fingerprint density at radius 2 is 0.588 bits per heavy atom. The van der Waals surface area contributed by atoms with Gasteiger partial charge in [-0.05, 0) is 57.8 Å². The lowest BCUT2D eigenvalue weighted by Gasteiger charge is -2.22. The maximum atomic E-state index is 12.6. The molecule has 504 valence electrons. The van der Waals surface area contributed by atoms with Crippen LogP contribution in [-0.4, -0.2) is 47.4 Å². The number of aliphatic hydroxyl groups excluding tert-OH is 2. The zero-order valence-corrected chi connectivity index (χ0v) is 57.9. The SMILES string of the molecule is CCCCCCCCCCCCCCCCCCCCCC(O)C(CO)NC(=O)CCCCCCCCCCCCCCCCCCC/C=C\C/C=C\CCCCCCCCCCCOC(=O)CCCCCCCCCCCCCCCCCC. The Hall–Kier alpha value is -1.66. The molecule has 0 aromatic carbocycles. The monoisotopic (exact) mass is 1200 g/mol. The highest BCUT2D eigenvalue weighted by Gasteiger charge is 2.20. The second kappa shape index (κ2) is 74.8. The van der Waals surface area contributed by atoms with E-state index in [0.717, 1.165) is 44.9 Å². The molecule has 0 heterocycles. The smallest absolute Gasteiger partial charge is 0.305 e. The van der Waals surface area contributed by atoms with Crippen molar-refractivity contribution < 1.29 is 24.5 Å². The fourth-order valence-corrected chi connectivity index (χ4v) is 12.6. The lowest BCUT2D eigenvalue weighted by molar-refractivity contribution is -0.143. The van der Waals surface area contributed by atoms with Crippen molar-refractivity contribution in [3.8, 4) is 0 Å². The minimum absolute atomic E-state index is 0.0186. The Kier molecular flexibility index (Phi) is 73.3. The lowest BCUT2D eigenvalue weighted by Crippen LogP contribution is -2.45. The summed E-state index contributed by atoms with van der Waals surface area (Å²) >= 11 is 0. The van der Waals surface area contributed by atoms with Crippen LogP contribution in [0.4, 0.5) is 0 Å². The van der Waals surface area contributed by atoms with E-state index in [-0.39, 0.29) is 18.5 Å². The van der Waals surface area contributed by atoms with Crippen LogP contribution in [0.3, 0.4) is 0 Å². The molecule has 0 aromatic heterocycles. The number of carbonyl (C=O) groups is 2. The zero-order valence-electron chi connectivity index (χ0n) is 57.9. The molecule has 2 unspecified atom stereocenters. The highest BCUT2D eigenvalue weighted by molar-refractivity contribution is 5.76. The van der Waals surface area contributed by atoms with E-state index in [2.05, 4.69) is 43.5 Å². The third kappa shape index (κ3) is 71.3. The average Bonchev–Trinajstić information content (AvgIpc) is 3.50. The molecule has 0 aromatic rings. The number of hydrogen-bond donors (Lipinski definition) is 3. The summed E-state index contributed by atoms with van der Waals surface area (Å²) in [6, 6.07) is -0.541. The number of unbranched alkanes of at least 4 members (excludes halogenated alkanes) is 59. The highest BCUT2D eigenvalue weighted by atomic mass is 16.5. The number of carbonyl (C=O) groups excluding carboxylic acids is 2. The molecule has 0 bridgehead atoms. The minimum Gasteiger partial charge on any atom is -0.466 e. The number of amides is 1. The van der Waals surface area contributed by atoms with E-state index < -0.39 is 12.1 Å². The number of allylic oxidation sites excluding steroid dienone is 4. The second-order valence-corrected chi connectivity index (χ2v) is 27.0. The van der Waals surface area contributed by atoms with Gasteiger partial charge in [-0.1, -0.05) is 398 Å². The Bertz CT molecular complexity index is 1330. The molecule has 0 saturated heterocycles. The number of ether oxygens (including phenoxy) is 1. The topological polar surface area (TPSA) is 95.9 Å². The molecular formula is C79H153NO5. The number of nitrogens with one attached hydrogen (secondary N) is 1. The first kappa shape index (κ1) is 83.3. The van der Waals surface area contributed by atoms with Crippen molar-refractivity contribution >= 4 is 11.9 Å². The molecule has 0 aliphatic rings. The fraction of sp³-hybridized carbons (Fsp3) is 0.924. The second-order valence-electron chi connectivity index (χ2n) is 27.0. The predicted molar refractivity (Wildman–Crippen MR) is 375 cm³/mol. The summed E-state index contributed by atoms with van der Waals surface area (Å²) in [5, 5.41) is 23.4. The highest BCUT2D eigenvalue weighted by Crippen LogP contribution is 2.20. The van der Waals surface area contributed by atoms with Crippen LogP contribution in [0.5, 0.6) is 0 Å². The summed E-state index contributed by atoms with van der Waals surface area (Å²) in [6.07, 6.45) is 95.5. The molecule has 0 aliphatic carbocycles. The van der Waals surface area contributed by atoms with Gasteiger partial charge in [0.1, 0.15) is 0 Å². The van der Waals surface area contributed by atoms with Crippen LogP contribution in [0.1, 0.15) is 444 Å². The number of hydrogen-bond acceptors (Lipinski definition) is 5. The number of esters is 1. The normalized spacial score (nSPS) is 12.6. The van der Waals surface area contributed by atoms with Crippen LogP contribution in [0.15, 0.2) is 24.3 Å². The van der Waals surface area contributed by atoms with E-state index in [1.807, 2.05) is 0 Å². The van der Waals surface area contributed by atoms with Crippen LogP contribution in [0, 0.1) is 0 Å². The van der Waals surface area contributed by atoms with Gasteiger partial charge in [-0.15, -0.1) is 0 Å². The standard InChI is InChI=1S/C79H153NO5/c1-3-5-7-9-11-13-15-17-19-21-37-40-43-47-51-55-59-63-67-71-77(82)76(75-81)80-78(83)72-68-64-60-56-52-48-44-41-38-35-33-31-29-27-25-23-22-24-26-28-30-32-34-36-39-42-46-50-54-58-62-66-70-74-85-79(84)73-69-65-61-57-53-49-45-20-18-16-14-12-10-8-6-4-2/h26,28,32,34,76-77,81-82H,3-25,27,29-31,33,35-75H2,1-2H3,(H,80,83)/b28-26-,34-32-. The molecule has 0 radical (unpaired) electrons. The first-order chi connectivity index (χ1) is 42.0. The van der Waals surface area contributed by atoms with Gasteiger partial charge >= 0.3 is 5.97 Å². The van der Waals surface area contributed by atoms with Crippen molar-refractivity contribution in [3.63, 3.8) is 0 Å². The molecule has 3 N–H and O–H groups in total. The lowest BCUT2D eigenvalue weighted by atomic mass is 10.0. The minimum atomic E-state index is -0.664. The van der Waals surface area contributed by atoms with Gasteiger partial charge in [0.05, 0.1) is 25.4 Å². The van der Waals surface area contributed by atoms with E-state index in [1.165, 1.54) is 366 Å². The van der Waals surface area contributed by atoms with Crippen molar-refractivity contribution in [1.29, 1.82) is 0 Å². The van der Waals surface area contributed by atoms with Gasteiger partial charge in [0.15, 0.2) is 0 Å². The average molecular weight is 1200 g/mol. The van der Waals surface area contributed by atoms with Gasteiger partial charge in [-0.3, -0.25) is 9.59 Å². The van der Waals surface area contributed by atoms with Crippen LogP contribution < -0.4 is 5.32 Å². The van der Waals surface area contributed by atoms with Crippen molar-refractivity contribution in [2.75, 3.05) is 13.2 Å². The molecule has 0 fully saturated rings. The fourth-order valence-electron chi connectivity index (χ4n) is 12.6. The molecule has 0 rings (SSSR count). The molecule has 0 spiro atoms. The van der Waals surface area contributed by atoms with E-state index in [1.54, 1.807) is 0 Å². The van der Waals surface area contributed by atoms with Crippen molar-refractivity contribution in [2.24, 2.45) is 0 Å². The number of aliphatic hydroxyl groups is 2. The molecular weight excluding hydrogens is 1040 g/mol. The van der Waals surface area contributed by atoms with Crippen LogP contribution in [-0.2, 0) is 14.3 Å². The van der Waals surface area contributed by atoms with Crippen molar-refractivity contribution in [2.45, 2.75) is 456 Å². The first-order valence-corrected chi connectivity index (χ1v) is 39.1. The largest absolute Gasteiger partial charge is 0.466 e. The summed E-state index contributed by atoms with van der Waals surface area (Å²) < 4.78 is 5.50. The van der Waals surface area contributed by atoms with Crippen LogP contribution >= 0.6 is 0 Å². The molecule has 2 atom stereocenters. The molecule has 0 aliphatic heterocycles. The Morgan fingerprint density at radius 3 is 0.894 bits per heavy atom. The third-order valence-corrected chi connectivity index (χ3v) is 18.5. The zero-order chi connectivity index (χ0) is 61.3. The molecule has 6 heteroatoms. The Labute approximate surface area is 532 Å². The summed E-state index contributed by atoms with van der Waals surface area (Å²) in [6.45, 7) is 5.00. The van der Waals surface area contributed by atoms with Crippen LogP contribution in [0.25, 0.3) is 0 Å². The maximum absolute atomic E-state index is 12.6. The summed E-state index contributed by atoms with van der Waals surface area (Å²) in [5.41, 5.74) is 0. The van der Waals surface area contributed by atoms with E-state index in [4.69, 9.17) is 4.74 Å². The molecule has 1 amide bonds. The third-order valence-electron chi connectivity index (χ3n) is 18.5. The van der Waals surface area contributed by atoms with Gasteiger partial charge in [0, 0.05) is 12.8 Å².